The van der Waals surface area contributed by atoms with Gasteiger partial charge in [-0.1, -0.05) is 13.8 Å². The van der Waals surface area contributed by atoms with Gasteiger partial charge < -0.3 is 10.0 Å². The van der Waals surface area contributed by atoms with Gasteiger partial charge in [0.25, 0.3) is 0 Å². The molecule has 0 aromatic heterocycles. The fraction of sp³-hybridized carbons (Fsp3) is 0.857. The standard InChI is InChI=1S/C14H25NO5S/c1-11(2)9-21(19,20)10-13(16)15-8-4-3-5-12(15)6-7-14(17)18/h11-12H,3-10H2,1-2H3,(H,17,18). The fourth-order valence-corrected chi connectivity index (χ4v) is 4.43. The molecule has 1 aliphatic rings. The van der Waals surface area contributed by atoms with Gasteiger partial charge in [-0.3, -0.25) is 9.59 Å². The molecule has 1 fully saturated rings. The highest BCUT2D eigenvalue weighted by atomic mass is 32.2. The number of amides is 1. The van der Waals surface area contributed by atoms with Crippen LogP contribution in [0.4, 0.5) is 0 Å². The van der Waals surface area contributed by atoms with Crippen LogP contribution in [0.25, 0.3) is 0 Å². The van der Waals surface area contributed by atoms with E-state index in [1.165, 1.54) is 0 Å². The van der Waals surface area contributed by atoms with Crippen LogP contribution in [0.3, 0.4) is 0 Å². The summed E-state index contributed by atoms with van der Waals surface area (Å²) in [5.41, 5.74) is 0. The Morgan fingerprint density at radius 1 is 1.29 bits per heavy atom. The predicted molar refractivity (Wildman–Crippen MR) is 79.7 cm³/mol. The van der Waals surface area contributed by atoms with Crippen molar-refractivity contribution in [2.24, 2.45) is 5.92 Å². The lowest BCUT2D eigenvalue weighted by Crippen LogP contribution is -2.46. The van der Waals surface area contributed by atoms with Gasteiger partial charge in [0.1, 0.15) is 5.75 Å². The molecule has 1 saturated heterocycles. The van der Waals surface area contributed by atoms with Crippen molar-refractivity contribution < 1.29 is 23.1 Å². The normalized spacial score (nSPS) is 19.8. The topological polar surface area (TPSA) is 91.8 Å². The van der Waals surface area contributed by atoms with Crippen molar-refractivity contribution in [3.8, 4) is 0 Å². The van der Waals surface area contributed by atoms with Crippen LogP contribution in [-0.4, -0.2) is 54.4 Å². The quantitative estimate of drug-likeness (QED) is 0.763. The van der Waals surface area contributed by atoms with Crippen LogP contribution in [0, 0.1) is 5.92 Å². The van der Waals surface area contributed by atoms with Crippen LogP contribution < -0.4 is 0 Å². The molecule has 1 unspecified atom stereocenters. The molecule has 0 aromatic rings. The number of nitrogens with zero attached hydrogens (tertiary/aromatic N) is 1. The second-order valence-corrected chi connectivity index (χ2v) is 8.23. The van der Waals surface area contributed by atoms with Gasteiger partial charge in [-0.2, -0.15) is 0 Å². The predicted octanol–water partition coefficient (Wildman–Crippen LogP) is 1.30. The van der Waals surface area contributed by atoms with Gasteiger partial charge in [0.15, 0.2) is 9.84 Å². The van der Waals surface area contributed by atoms with E-state index in [1.54, 1.807) is 18.7 Å². The maximum Gasteiger partial charge on any atom is 0.303 e. The molecule has 6 nitrogen and oxygen atoms in total. The van der Waals surface area contributed by atoms with Crippen molar-refractivity contribution >= 4 is 21.7 Å². The molecule has 1 amide bonds. The van der Waals surface area contributed by atoms with Crippen molar-refractivity contribution in [3.63, 3.8) is 0 Å². The minimum atomic E-state index is -3.39. The van der Waals surface area contributed by atoms with Gasteiger partial charge in [-0.05, 0) is 31.6 Å². The summed E-state index contributed by atoms with van der Waals surface area (Å²) in [7, 11) is -3.39. The third-order valence-electron chi connectivity index (χ3n) is 3.57. The third-order valence-corrected chi connectivity index (χ3v) is 5.43. The van der Waals surface area contributed by atoms with E-state index in [0.717, 1.165) is 19.3 Å². The Kier molecular flexibility index (Phi) is 6.64. The first kappa shape index (κ1) is 17.9. The molecular weight excluding hydrogens is 294 g/mol. The monoisotopic (exact) mass is 319 g/mol. The van der Waals surface area contributed by atoms with E-state index in [-0.39, 0.29) is 30.0 Å². The molecule has 1 aliphatic heterocycles. The molecular formula is C14H25NO5S. The van der Waals surface area contributed by atoms with Crippen molar-refractivity contribution in [2.75, 3.05) is 18.1 Å². The zero-order valence-corrected chi connectivity index (χ0v) is 13.6. The van der Waals surface area contributed by atoms with Crippen molar-refractivity contribution in [3.05, 3.63) is 0 Å². The summed E-state index contributed by atoms with van der Waals surface area (Å²) < 4.78 is 23.9. The molecule has 1 atom stereocenters. The number of aliphatic carboxylic acids is 1. The number of carboxylic acids is 1. The fourth-order valence-electron chi connectivity index (χ4n) is 2.76. The Labute approximate surface area is 126 Å². The van der Waals surface area contributed by atoms with Gasteiger partial charge in [0, 0.05) is 19.0 Å². The second kappa shape index (κ2) is 7.77. The average Bonchev–Trinajstić information content (AvgIpc) is 2.34. The molecule has 1 N–H and O–H groups in total. The number of piperidine rings is 1. The number of likely N-dealkylation sites (tertiary alicyclic amines) is 1. The summed E-state index contributed by atoms with van der Waals surface area (Å²) >= 11 is 0. The molecule has 0 spiro atoms. The summed E-state index contributed by atoms with van der Waals surface area (Å²) in [6, 6.07) is -0.142. The molecule has 122 valence electrons. The van der Waals surface area contributed by atoms with Crippen LogP contribution in [0.1, 0.15) is 46.0 Å². The Morgan fingerprint density at radius 3 is 2.52 bits per heavy atom. The SMILES string of the molecule is CC(C)CS(=O)(=O)CC(=O)N1CCCCC1CCC(=O)O. The number of hydrogen-bond donors (Lipinski definition) is 1. The number of carbonyl (C=O) groups excluding carboxylic acids is 1. The average molecular weight is 319 g/mol. The lowest BCUT2D eigenvalue weighted by atomic mass is 9.98. The first-order valence-electron chi connectivity index (χ1n) is 7.43. The minimum absolute atomic E-state index is 0.00632. The zero-order chi connectivity index (χ0) is 16.0. The van der Waals surface area contributed by atoms with Crippen LogP contribution in [0.2, 0.25) is 0 Å². The Bertz CT molecular complexity index is 472. The summed E-state index contributed by atoms with van der Waals surface area (Å²) in [5, 5.41) is 8.76. The van der Waals surface area contributed by atoms with E-state index < -0.39 is 21.6 Å². The van der Waals surface area contributed by atoms with Gasteiger partial charge in [0.2, 0.25) is 5.91 Å². The summed E-state index contributed by atoms with van der Waals surface area (Å²) in [6.07, 6.45) is 2.95. The number of hydrogen-bond acceptors (Lipinski definition) is 4. The largest absolute Gasteiger partial charge is 0.481 e. The van der Waals surface area contributed by atoms with Gasteiger partial charge in [-0.15, -0.1) is 0 Å². The molecule has 0 bridgehead atoms. The Hall–Kier alpha value is -1.11. The molecule has 0 saturated carbocycles. The van der Waals surface area contributed by atoms with Crippen LogP contribution in [-0.2, 0) is 19.4 Å². The summed E-state index contributed by atoms with van der Waals surface area (Å²) in [6.45, 7) is 4.14. The number of sulfone groups is 1. The van der Waals surface area contributed by atoms with Gasteiger partial charge >= 0.3 is 5.97 Å². The van der Waals surface area contributed by atoms with Crippen molar-refractivity contribution in [2.45, 2.75) is 52.0 Å². The molecule has 21 heavy (non-hydrogen) atoms. The Morgan fingerprint density at radius 2 is 1.95 bits per heavy atom. The highest BCUT2D eigenvalue weighted by Gasteiger charge is 2.30. The molecule has 0 radical (unpaired) electrons. The van der Waals surface area contributed by atoms with E-state index >= 15 is 0 Å². The van der Waals surface area contributed by atoms with Gasteiger partial charge in [0.05, 0.1) is 5.75 Å². The smallest absolute Gasteiger partial charge is 0.303 e. The summed E-state index contributed by atoms with van der Waals surface area (Å²) in [5.74, 6) is -1.74. The third kappa shape index (κ3) is 6.46. The number of carboxylic acid groups (broad SMARTS) is 1. The first-order chi connectivity index (χ1) is 9.71. The molecule has 1 heterocycles. The van der Waals surface area contributed by atoms with Gasteiger partial charge in [-0.25, -0.2) is 8.42 Å². The lowest BCUT2D eigenvalue weighted by molar-refractivity contribution is -0.139. The molecule has 7 heteroatoms. The molecule has 0 aliphatic carbocycles. The van der Waals surface area contributed by atoms with Crippen LogP contribution in [0.5, 0.6) is 0 Å². The molecule has 1 rings (SSSR count). The van der Waals surface area contributed by atoms with E-state index in [1.807, 2.05) is 0 Å². The maximum absolute atomic E-state index is 12.2. The highest BCUT2D eigenvalue weighted by Crippen LogP contribution is 2.21. The number of rotatable bonds is 7. The van der Waals surface area contributed by atoms with E-state index in [2.05, 4.69) is 0 Å². The zero-order valence-electron chi connectivity index (χ0n) is 12.7. The number of carbonyl (C=O) groups is 2. The van der Waals surface area contributed by atoms with Crippen molar-refractivity contribution in [1.82, 2.24) is 4.90 Å². The van der Waals surface area contributed by atoms with E-state index in [4.69, 9.17) is 5.11 Å². The molecule has 0 aromatic carbocycles. The first-order valence-corrected chi connectivity index (χ1v) is 9.25. The van der Waals surface area contributed by atoms with Crippen LogP contribution in [0.15, 0.2) is 0 Å². The van der Waals surface area contributed by atoms with E-state index in [0.29, 0.717) is 13.0 Å². The highest BCUT2D eigenvalue weighted by molar-refractivity contribution is 7.92. The van der Waals surface area contributed by atoms with E-state index in [9.17, 15) is 18.0 Å². The summed E-state index contributed by atoms with van der Waals surface area (Å²) in [4.78, 5) is 24.5. The minimum Gasteiger partial charge on any atom is -0.481 e. The van der Waals surface area contributed by atoms with Crippen LogP contribution >= 0.6 is 0 Å². The second-order valence-electron chi connectivity index (χ2n) is 6.12. The maximum atomic E-state index is 12.2. The Balaban J connectivity index is 2.66. The van der Waals surface area contributed by atoms with Crippen molar-refractivity contribution in [1.29, 1.82) is 0 Å². The lowest BCUT2D eigenvalue weighted by Gasteiger charge is -2.35.